The Hall–Kier alpha value is -1.18. The standard InChI is InChI=1S/C18H32N2O.C2H2O4/c1-13-11-20(12-14(2)21-13)17-5-7-19(8-6-17)18-10-15-3-4-16(18)9-15;3-1(4)2(5)6/h13-18H,3-12H2,1-2H3;(H,3,4)(H,5,6). The van der Waals surface area contributed by atoms with E-state index in [9.17, 15) is 0 Å². The molecule has 0 aromatic heterocycles. The van der Waals surface area contributed by atoms with Crippen molar-refractivity contribution in [3.8, 4) is 0 Å². The Bertz CT molecular complexity index is 512. The van der Waals surface area contributed by atoms with Gasteiger partial charge in [-0.15, -0.1) is 0 Å². The van der Waals surface area contributed by atoms with E-state index in [1.807, 2.05) is 0 Å². The highest BCUT2D eigenvalue weighted by Gasteiger charge is 2.43. The molecule has 0 radical (unpaired) electrons. The summed E-state index contributed by atoms with van der Waals surface area (Å²) < 4.78 is 5.89. The molecule has 2 heterocycles. The second-order valence-corrected chi connectivity index (χ2v) is 8.83. The van der Waals surface area contributed by atoms with Gasteiger partial charge in [0.1, 0.15) is 0 Å². The van der Waals surface area contributed by atoms with Crippen LogP contribution >= 0.6 is 0 Å². The Labute approximate surface area is 161 Å². The summed E-state index contributed by atoms with van der Waals surface area (Å²) in [6, 6.07) is 1.76. The second kappa shape index (κ2) is 8.88. The van der Waals surface area contributed by atoms with E-state index in [-0.39, 0.29) is 0 Å². The first-order valence-electron chi connectivity index (χ1n) is 10.4. The number of rotatable bonds is 2. The first-order chi connectivity index (χ1) is 12.8. The minimum absolute atomic E-state index is 0.414. The SMILES string of the molecule is CC1CN(C2CCN(C3CC4CCC3C4)CC2)CC(C)O1.O=C(O)C(=O)O. The third-order valence-corrected chi connectivity index (χ3v) is 6.82. The number of hydrogen-bond donors (Lipinski definition) is 2. The van der Waals surface area contributed by atoms with Crippen LogP contribution in [-0.4, -0.2) is 82.4 Å². The van der Waals surface area contributed by atoms with Crippen LogP contribution in [0.1, 0.15) is 52.4 Å². The van der Waals surface area contributed by atoms with Crippen molar-refractivity contribution in [1.82, 2.24) is 9.80 Å². The molecule has 4 fully saturated rings. The molecule has 7 nitrogen and oxygen atoms in total. The van der Waals surface area contributed by atoms with Gasteiger partial charge in [0, 0.05) is 25.2 Å². The van der Waals surface area contributed by atoms with Crippen LogP contribution in [0.5, 0.6) is 0 Å². The Balaban J connectivity index is 0.000000307. The molecule has 4 aliphatic rings. The maximum Gasteiger partial charge on any atom is 0.414 e. The van der Waals surface area contributed by atoms with Crippen LogP contribution in [0.3, 0.4) is 0 Å². The number of fused-ring (bicyclic) bond motifs is 2. The van der Waals surface area contributed by atoms with Gasteiger partial charge in [-0.3, -0.25) is 9.80 Å². The van der Waals surface area contributed by atoms with E-state index in [2.05, 4.69) is 23.6 Å². The first kappa shape index (κ1) is 20.6. The van der Waals surface area contributed by atoms with Gasteiger partial charge in [-0.1, -0.05) is 6.42 Å². The topological polar surface area (TPSA) is 90.3 Å². The van der Waals surface area contributed by atoms with E-state index in [4.69, 9.17) is 24.5 Å². The van der Waals surface area contributed by atoms with Crippen molar-refractivity contribution in [3.63, 3.8) is 0 Å². The van der Waals surface area contributed by atoms with E-state index in [0.29, 0.717) is 12.2 Å². The Morgan fingerprint density at radius 1 is 0.852 bits per heavy atom. The fourth-order valence-corrected chi connectivity index (χ4v) is 5.76. The summed E-state index contributed by atoms with van der Waals surface area (Å²) in [5.41, 5.74) is 0. The highest BCUT2D eigenvalue weighted by atomic mass is 16.5. The van der Waals surface area contributed by atoms with E-state index in [1.165, 1.54) is 45.2 Å². The molecule has 5 unspecified atom stereocenters. The highest BCUT2D eigenvalue weighted by Crippen LogP contribution is 2.47. The lowest BCUT2D eigenvalue weighted by molar-refractivity contribution is -0.159. The highest BCUT2D eigenvalue weighted by molar-refractivity contribution is 6.27. The normalized spacial score (nSPS) is 37.6. The van der Waals surface area contributed by atoms with Crippen molar-refractivity contribution in [2.45, 2.75) is 76.7 Å². The van der Waals surface area contributed by atoms with Crippen molar-refractivity contribution in [2.75, 3.05) is 26.2 Å². The molecule has 2 saturated carbocycles. The zero-order valence-corrected chi connectivity index (χ0v) is 16.5. The predicted molar refractivity (Wildman–Crippen MR) is 101 cm³/mol. The van der Waals surface area contributed by atoms with E-state index < -0.39 is 11.9 Å². The zero-order valence-electron chi connectivity index (χ0n) is 16.5. The van der Waals surface area contributed by atoms with Crippen LogP contribution in [-0.2, 0) is 14.3 Å². The largest absolute Gasteiger partial charge is 0.473 e. The van der Waals surface area contributed by atoms with Crippen LogP contribution in [0.2, 0.25) is 0 Å². The van der Waals surface area contributed by atoms with E-state index in [0.717, 1.165) is 37.0 Å². The summed E-state index contributed by atoms with van der Waals surface area (Å²) in [6.07, 6.45) is 9.70. The minimum Gasteiger partial charge on any atom is -0.473 e. The molecule has 2 N–H and O–H groups in total. The number of piperidine rings is 1. The van der Waals surface area contributed by atoms with Gasteiger partial charge in [0.15, 0.2) is 0 Å². The average molecular weight is 383 g/mol. The molecule has 2 saturated heterocycles. The van der Waals surface area contributed by atoms with E-state index >= 15 is 0 Å². The molecule has 0 aromatic rings. The minimum atomic E-state index is -1.82. The quantitative estimate of drug-likeness (QED) is 0.705. The molecule has 2 bridgehead atoms. The molecule has 2 aliphatic heterocycles. The molecule has 0 spiro atoms. The molecular formula is C20H34N2O5. The number of likely N-dealkylation sites (tertiary alicyclic amines) is 1. The van der Waals surface area contributed by atoms with Gasteiger partial charge in [-0.2, -0.15) is 0 Å². The van der Waals surface area contributed by atoms with Crippen molar-refractivity contribution < 1.29 is 24.5 Å². The molecule has 0 amide bonds. The molecular weight excluding hydrogens is 348 g/mol. The Morgan fingerprint density at radius 2 is 1.44 bits per heavy atom. The van der Waals surface area contributed by atoms with Crippen molar-refractivity contribution in [3.05, 3.63) is 0 Å². The number of carboxylic acid groups (broad SMARTS) is 2. The van der Waals surface area contributed by atoms with Crippen LogP contribution in [0.15, 0.2) is 0 Å². The van der Waals surface area contributed by atoms with Crippen LogP contribution < -0.4 is 0 Å². The number of nitrogens with zero attached hydrogens (tertiary/aromatic N) is 2. The third kappa shape index (κ3) is 5.21. The summed E-state index contributed by atoms with van der Waals surface area (Å²) >= 11 is 0. The summed E-state index contributed by atoms with van der Waals surface area (Å²) in [4.78, 5) is 23.8. The molecule has 5 atom stereocenters. The fourth-order valence-electron chi connectivity index (χ4n) is 5.76. The molecule has 0 aromatic carbocycles. The van der Waals surface area contributed by atoms with Gasteiger partial charge in [0.25, 0.3) is 0 Å². The van der Waals surface area contributed by atoms with Gasteiger partial charge in [0.05, 0.1) is 12.2 Å². The number of ether oxygens (including phenoxy) is 1. The number of aliphatic carboxylic acids is 2. The lowest BCUT2D eigenvalue weighted by Crippen LogP contribution is -2.54. The molecule has 7 heteroatoms. The smallest absolute Gasteiger partial charge is 0.414 e. The Kier molecular flexibility index (Phi) is 6.76. The van der Waals surface area contributed by atoms with Crippen molar-refractivity contribution >= 4 is 11.9 Å². The number of carboxylic acids is 2. The van der Waals surface area contributed by atoms with Crippen LogP contribution in [0.4, 0.5) is 0 Å². The summed E-state index contributed by atoms with van der Waals surface area (Å²) in [5.74, 6) is -1.52. The summed E-state index contributed by atoms with van der Waals surface area (Å²) in [7, 11) is 0. The first-order valence-corrected chi connectivity index (χ1v) is 10.4. The van der Waals surface area contributed by atoms with Crippen LogP contribution in [0.25, 0.3) is 0 Å². The molecule has 2 aliphatic carbocycles. The maximum atomic E-state index is 9.10. The molecule has 154 valence electrons. The number of carbonyl (C=O) groups is 2. The van der Waals surface area contributed by atoms with Crippen molar-refractivity contribution in [1.29, 1.82) is 0 Å². The van der Waals surface area contributed by atoms with Crippen molar-refractivity contribution in [2.24, 2.45) is 11.8 Å². The Morgan fingerprint density at radius 3 is 1.89 bits per heavy atom. The van der Waals surface area contributed by atoms with Gasteiger partial charge < -0.3 is 14.9 Å². The zero-order chi connectivity index (χ0) is 19.6. The average Bonchev–Trinajstić information content (AvgIpc) is 3.25. The number of hydrogen-bond acceptors (Lipinski definition) is 5. The predicted octanol–water partition coefficient (Wildman–Crippen LogP) is 1.90. The lowest BCUT2D eigenvalue weighted by Gasteiger charge is -2.45. The molecule has 27 heavy (non-hydrogen) atoms. The lowest BCUT2D eigenvalue weighted by atomic mass is 9.91. The number of morpholine rings is 1. The van der Waals surface area contributed by atoms with Gasteiger partial charge >= 0.3 is 11.9 Å². The monoisotopic (exact) mass is 382 g/mol. The van der Waals surface area contributed by atoms with Gasteiger partial charge in [0.2, 0.25) is 0 Å². The van der Waals surface area contributed by atoms with E-state index in [1.54, 1.807) is 6.42 Å². The second-order valence-electron chi connectivity index (χ2n) is 8.83. The third-order valence-electron chi connectivity index (χ3n) is 6.82. The van der Waals surface area contributed by atoms with Gasteiger partial charge in [-0.05, 0) is 70.9 Å². The fraction of sp³-hybridized carbons (Fsp3) is 0.900. The maximum absolute atomic E-state index is 9.10. The van der Waals surface area contributed by atoms with Crippen LogP contribution in [0, 0.1) is 11.8 Å². The molecule has 4 rings (SSSR count). The summed E-state index contributed by atoms with van der Waals surface area (Å²) in [5, 5.41) is 14.8. The van der Waals surface area contributed by atoms with Gasteiger partial charge in [-0.25, -0.2) is 9.59 Å². The summed E-state index contributed by atoms with van der Waals surface area (Å²) in [6.45, 7) is 9.43.